The lowest BCUT2D eigenvalue weighted by atomic mass is 9.89. The fraction of sp³-hybridized carbons (Fsp3) is 0.533. The van der Waals surface area contributed by atoms with Crippen molar-refractivity contribution in [3.8, 4) is 0 Å². The molecular weight excluding hydrogens is 240 g/mol. The van der Waals surface area contributed by atoms with Crippen molar-refractivity contribution in [3.63, 3.8) is 0 Å². The molecule has 4 heteroatoms. The third kappa shape index (κ3) is 5.85. The van der Waals surface area contributed by atoms with Gasteiger partial charge in [0.2, 0.25) is 5.91 Å². The van der Waals surface area contributed by atoms with Crippen LogP contribution in [0.15, 0.2) is 24.3 Å². The minimum atomic E-state index is -0.387. The Morgan fingerprint density at radius 1 is 1.42 bits per heavy atom. The van der Waals surface area contributed by atoms with Gasteiger partial charge in [-0.1, -0.05) is 26.0 Å². The minimum Gasteiger partial charge on any atom is -0.385 e. The molecule has 0 radical (unpaired) electrons. The van der Waals surface area contributed by atoms with Crippen LogP contribution in [-0.2, 0) is 11.3 Å². The van der Waals surface area contributed by atoms with Gasteiger partial charge >= 0.3 is 0 Å². The monoisotopic (exact) mass is 264 g/mol. The van der Waals surface area contributed by atoms with E-state index in [1.165, 1.54) is 0 Å². The number of nitrogens with two attached hydrogens (primary N) is 1. The van der Waals surface area contributed by atoms with Gasteiger partial charge in [-0.2, -0.15) is 0 Å². The largest absolute Gasteiger partial charge is 0.385 e. The Morgan fingerprint density at radius 3 is 2.79 bits per heavy atom. The minimum absolute atomic E-state index is 0.192. The third-order valence-electron chi connectivity index (χ3n) is 3.13. The first-order valence-corrected chi connectivity index (χ1v) is 6.53. The lowest BCUT2D eigenvalue weighted by molar-refractivity contribution is 0.1000. The van der Waals surface area contributed by atoms with Crippen molar-refractivity contribution < 1.29 is 9.53 Å². The molecule has 0 aromatic heterocycles. The van der Waals surface area contributed by atoms with Crippen LogP contribution in [-0.4, -0.2) is 26.2 Å². The van der Waals surface area contributed by atoms with Crippen LogP contribution >= 0.6 is 0 Å². The summed E-state index contributed by atoms with van der Waals surface area (Å²) in [6.45, 7) is 6.82. The number of hydrogen-bond donors (Lipinski definition) is 2. The summed E-state index contributed by atoms with van der Waals surface area (Å²) in [6, 6.07) is 7.40. The van der Waals surface area contributed by atoms with Gasteiger partial charge in [0, 0.05) is 32.4 Å². The van der Waals surface area contributed by atoms with E-state index in [1.54, 1.807) is 13.2 Å². The molecule has 0 saturated heterocycles. The highest BCUT2D eigenvalue weighted by Crippen LogP contribution is 2.18. The first-order chi connectivity index (χ1) is 8.94. The SMILES string of the molecule is COCCC(C)(C)CNCc1cccc(C(N)=O)c1. The van der Waals surface area contributed by atoms with E-state index in [1.807, 2.05) is 18.2 Å². The van der Waals surface area contributed by atoms with E-state index in [4.69, 9.17) is 10.5 Å². The Morgan fingerprint density at radius 2 is 2.16 bits per heavy atom. The van der Waals surface area contributed by atoms with E-state index in [2.05, 4.69) is 19.2 Å². The molecular formula is C15H24N2O2. The molecule has 0 bridgehead atoms. The number of methoxy groups -OCH3 is 1. The van der Waals surface area contributed by atoms with Crippen molar-refractivity contribution >= 4 is 5.91 Å². The van der Waals surface area contributed by atoms with Gasteiger partial charge in [0.25, 0.3) is 0 Å². The highest BCUT2D eigenvalue weighted by Gasteiger charge is 2.16. The Hall–Kier alpha value is -1.39. The maximum Gasteiger partial charge on any atom is 0.248 e. The topological polar surface area (TPSA) is 64.3 Å². The number of carbonyl (C=O) groups is 1. The molecule has 1 aromatic rings. The van der Waals surface area contributed by atoms with Crippen LogP contribution in [0.2, 0.25) is 0 Å². The normalized spacial score (nSPS) is 11.5. The molecule has 0 fully saturated rings. The summed E-state index contributed by atoms with van der Waals surface area (Å²) in [5, 5.41) is 3.41. The van der Waals surface area contributed by atoms with Gasteiger partial charge in [-0.25, -0.2) is 0 Å². The second-order valence-electron chi connectivity index (χ2n) is 5.58. The molecule has 0 aliphatic rings. The Kier molecular flexibility index (Phi) is 5.99. The summed E-state index contributed by atoms with van der Waals surface area (Å²) in [5.74, 6) is -0.387. The summed E-state index contributed by atoms with van der Waals surface area (Å²) in [6.07, 6.45) is 1.01. The smallest absolute Gasteiger partial charge is 0.248 e. The molecule has 19 heavy (non-hydrogen) atoms. The fourth-order valence-electron chi connectivity index (χ4n) is 1.85. The van der Waals surface area contributed by atoms with Gasteiger partial charge < -0.3 is 15.8 Å². The van der Waals surface area contributed by atoms with Gasteiger partial charge in [-0.05, 0) is 29.5 Å². The second kappa shape index (κ2) is 7.26. The number of ether oxygens (including phenoxy) is 1. The van der Waals surface area contributed by atoms with Crippen molar-refractivity contribution in [1.82, 2.24) is 5.32 Å². The molecule has 0 aliphatic heterocycles. The molecule has 0 atom stereocenters. The number of hydrogen-bond acceptors (Lipinski definition) is 3. The zero-order chi connectivity index (χ0) is 14.3. The summed E-state index contributed by atoms with van der Waals surface area (Å²) in [7, 11) is 1.72. The van der Waals surface area contributed by atoms with E-state index in [0.717, 1.165) is 31.7 Å². The number of nitrogens with one attached hydrogen (secondary N) is 1. The molecule has 0 aliphatic carbocycles. The lowest BCUT2D eigenvalue weighted by Gasteiger charge is -2.24. The van der Waals surface area contributed by atoms with E-state index in [-0.39, 0.29) is 11.3 Å². The summed E-state index contributed by atoms with van der Waals surface area (Å²) in [5.41, 5.74) is 7.08. The van der Waals surface area contributed by atoms with E-state index < -0.39 is 0 Å². The number of amides is 1. The first-order valence-electron chi connectivity index (χ1n) is 6.53. The Balaban J connectivity index is 2.44. The van der Waals surface area contributed by atoms with Crippen molar-refractivity contribution in [3.05, 3.63) is 35.4 Å². The van der Waals surface area contributed by atoms with Crippen LogP contribution in [0.25, 0.3) is 0 Å². The highest BCUT2D eigenvalue weighted by molar-refractivity contribution is 5.92. The van der Waals surface area contributed by atoms with Crippen LogP contribution in [0, 0.1) is 5.41 Å². The molecule has 0 spiro atoms. The van der Waals surface area contributed by atoms with E-state index in [0.29, 0.717) is 5.56 Å². The van der Waals surface area contributed by atoms with Crippen molar-refractivity contribution in [2.24, 2.45) is 11.1 Å². The molecule has 106 valence electrons. The zero-order valence-electron chi connectivity index (χ0n) is 12.0. The molecule has 0 saturated carbocycles. The van der Waals surface area contributed by atoms with E-state index >= 15 is 0 Å². The maximum atomic E-state index is 11.1. The number of primary amides is 1. The van der Waals surface area contributed by atoms with Crippen LogP contribution in [0.1, 0.15) is 36.2 Å². The van der Waals surface area contributed by atoms with Crippen molar-refractivity contribution in [1.29, 1.82) is 0 Å². The average Bonchev–Trinajstić information content (AvgIpc) is 2.36. The maximum absolute atomic E-state index is 11.1. The van der Waals surface area contributed by atoms with Crippen molar-refractivity contribution in [2.45, 2.75) is 26.8 Å². The fourth-order valence-corrected chi connectivity index (χ4v) is 1.85. The third-order valence-corrected chi connectivity index (χ3v) is 3.13. The Labute approximate surface area is 115 Å². The van der Waals surface area contributed by atoms with Gasteiger partial charge in [0.15, 0.2) is 0 Å². The van der Waals surface area contributed by atoms with Crippen molar-refractivity contribution in [2.75, 3.05) is 20.3 Å². The van der Waals surface area contributed by atoms with E-state index in [9.17, 15) is 4.79 Å². The average molecular weight is 264 g/mol. The second-order valence-corrected chi connectivity index (χ2v) is 5.58. The molecule has 1 rings (SSSR count). The highest BCUT2D eigenvalue weighted by atomic mass is 16.5. The Bertz CT molecular complexity index is 416. The standard InChI is InChI=1S/C15H24N2O2/c1-15(2,7-8-19-3)11-17-10-12-5-4-6-13(9-12)14(16)18/h4-6,9,17H,7-8,10-11H2,1-3H3,(H2,16,18). The number of carbonyl (C=O) groups excluding carboxylic acids is 1. The van der Waals surface area contributed by atoms with Gasteiger partial charge in [0.1, 0.15) is 0 Å². The molecule has 1 amide bonds. The lowest BCUT2D eigenvalue weighted by Crippen LogP contribution is -2.30. The van der Waals surface area contributed by atoms with Crippen LogP contribution in [0.5, 0.6) is 0 Å². The summed E-state index contributed by atoms with van der Waals surface area (Å²) < 4.78 is 5.11. The van der Waals surface area contributed by atoms with Gasteiger partial charge in [-0.15, -0.1) is 0 Å². The van der Waals surface area contributed by atoms with Crippen LogP contribution in [0.4, 0.5) is 0 Å². The first kappa shape index (κ1) is 15.7. The summed E-state index contributed by atoms with van der Waals surface area (Å²) >= 11 is 0. The van der Waals surface area contributed by atoms with Gasteiger partial charge in [0.05, 0.1) is 0 Å². The summed E-state index contributed by atoms with van der Waals surface area (Å²) in [4.78, 5) is 11.1. The van der Waals surface area contributed by atoms with Crippen LogP contribution < -0.4 is 11.1 Å². The number of benzene rings is 1. The zero-order valence-corrected chi connectivity index (χ0v) is 12.0. The van der Waals surface area contributed by atoms with Crippen LogP contribution in [0.3, 0.4) is 0 Å². The molecule has 4 nitrogen and oxygen atoms in total. The number of rotatable bonds is 8. The predicted octanol–water partition coefficient (Wildman–Crippen LogP) is 1.94. The molecule has 0 heterocycles. The molecule has 3 N–H and O–H groups in total. The molecule has 1 aromatic carbocycles. The predicted molar refractivity (Wildman–Crippen MR) is 76.9 cm³/mol. The quantitative estimate of drug-likeness (QED) is 0.754. The van der Waals surface area contributed by atoms with Gasteiger partial charge in [-0.3, -0.25) is 4.79 Å². The molecule has 0 unspecified atom stereocenters.